The van der Waals surface area contributed by atoms with E-state index in [1.165, 1.54) is 0 Å². The molecule has 3 rings (SSSR count). The molecule has 1 atom stereocenters. The summed E-state index contributed by atoms with van der Waals surface area (Å²) >= 11 is 0. The van der Waals surface area contributed by atoms with E-state index in [1.807, 2.05) is 42.5 Å². The monoisotopic (exact) mass is 338 g/mol. The molecule has 0 fully saturated rings. The topological polar surface area (TPSA) is 67.4 Å². The lowest BCUT2D eigenvalue weighted by Crippen LogP contribution is -2.54. The first-order chi connectivity index (χ1) is 12.0. The zero-order valence-electron chi connectivity index (χ0n) is 14.4. The highest BCUT2D eigenvalue weighted by Crippen LogP contribution is 2.27. The lowest BCUT2D eigenvalue weighted by molar-refractivity contribution is -0.138. The summed E-state index contributed by atoms with van der Waals surface area (Å²) in [7, 11) is 0. The van der Waals surface area contributed by atoms with Crippen molar-refractivity contribution in [3.63, 3.8) is 0 Å². The molecule has 130 valence electrons. The molecule has 5 nitrogen and oxygen atoms in total. The van der Waals surface area contributed by atoms with Gasteiger partial charge in [0.2, 0.25) is 5.91 Å². The summed E-state index contributed by atoms with van der Waals surface area (Å²) in [4.78, 5) is 25.2. The molecule has 2 N–H and O–H groups in total. The average molecular weight is 338 g/mol. The second kappa shape index (κ2) is 7.07. The molecule has 0 saturated carbocycles. The molecule has 2 aromatic rings. The summed E-state index contributed by atoms with van der Waals surface area (Å²) in [6, 6.07) is 16.9. The predicted octanol–water partition coefficient (Wildman–Crippen LogP) is 2.83. The van der Waals surface area contributed by atoms with Crippen molar-refractivity contribution in [2.45, 2.75) is 31.9 Å². The van der Waals surface area contributed by atoms with Crippen molar-refractivity contribution in [2.75, 3.05) is 11.9 Å². The molecule has 5 heteroatoms. The van der Waals surface area contributed by atoms with Crippen LogP contribution in [0.25, 0.3) is 0 Å². The third-order valence-electron chi connectivity index (χ3n) is 4.27. The van der Waals surface area contributed by atoms with Gasteiger partial charge in [-0.3, -0.25) is 9.59 Å². The van der Waals surface area contributed by atoms with Gasteiger partial charge in [0.25, 0.3) is 5.91 Å². The first-order valence-corrected chi connectivity index (χ1v) is 8.35. The van der Waals surface area contributed by atoms with E-state index in [4.69, 9.17) is 4.74 Å². The van der Waals surface area contributed by atoms with Gasteiger partial charge < -0.3 is 15.4 Å². The molecule has 0 bridgehead atoms. The lowest BCUT2D eigenvalue weighted by Gasteiger charge is -2.30. The maximum Gasteiger partial charge on any atom is 0.254 e. The zero-order valence-corrected chi connectivity index (χ0v) is 14.4. The number of fused-ring (bicyclic) bond motifs is 1. The van der Waals surface area contributed by atoms with Crippen LogP contribution in [-0.2, 0) is 20.7 Å². The van der Waals surface area contributed by atoms with Crippen LogP contribution in [0.5, 0.6) is 0 Å². The Hall–Kier alpha value is -2.66. The molecular weight excluding hydrogens is 316 g/mol. The fourth-order valence-electron chi connectivity index (χ4n) is 2.85. The summed E-state index contributed by atoms with van der Waals surface area (Å²) in [5, 5.41) is 5.63. The molecule has 0 aromatic heterocycles. The number of carbonyl (C=O) groups excluding carboxylic acids is 2. The molecule has 0 spiro atoms. The molecule has 1 aliphatic rings. The van der Waals surface area contributed by atoms with Crippen LogP contribution in [-0.4, -0.2) is 24.0 Å². The van der Waals surface area contributed by atoms with Gasteiger partial charge in [-0.15, -0.1) is 0 Å². The van der Waals surface area contributed by atoms with Gasteiger partial charge in [-0.2, -0.15) is 0 Å². The molecule has 0 saturated heterocycles. The number of ether oxygens (including phenoxy) is 1. The van der Waals surface area contributed by atoms with Gasteiger partial charge in [-0.25, -0.2) is 0 Å². The number of nitrogens with one attached hydrogen (secondary N) is 2. The molecule has 2 amide bonds. The van der Waals surface area contributed by atoms with Crippen molar-refractivity contribution in [2.24, 2.45) is 0 Å². The summed E-state index contributed by atoms with van der Waals surface area (Å²) in [6.45, 7) is 3.85. The van der Waals surface area contributed by atoms with Crippen LogP contribution in [0, 0.1) is 0 Å². The molecule has 25 heavy (non-hydrogen) atoms. The Labute approximate surface area is 147 Å². The fourth-order valence-corrected chi connectivity index (χ4v) is 2.85. The largest absolute Gasteiger partial charge is 0.363 e. The lowest BCUT2D eigenvalue weighted by atomic mass is 9.96. The van der Waals surface area contributed by atoms with E-state index in [0.29, 0.717) is 12.3 Å². The van der Waals surface area contributed by atoms with E-state index in [2.05, 4.69) is 10.6 Å². The van der Waals surface area contributed by atoms with E-state index in [9.17, 15) is 9.59 Å². The summed E-state index contributed by atoms with van der Waals surface area (Å²) < 4.78 is 5.67. The van der Waals surface area contributed by atoms with Gasteiger partial charge >= 0.3 is 0 Å². The van der Waals surface area contributed by atoms with Crippen molar-refractivity contribution in [3.05, 3.63) is 65.7 Å². The normalized spacial score (nSPS) is 16.6. The minimum atomic E-state index is -1.07. The van der Waals surface area contributed by atoms with Crippen LogP contribution in [0.1, 0.15) is 31.1 Å². The Kier molecular flexibility index (Phi) is 4.86. The molecule has 0 radical (unpaired) electrons. The number of anilines is 1. The highest BCUT2D eigenvalue weighted by molar-refractivity contribution is 6.00. The highest BCUT2D eigenvalue weighted by atomic mass is 16.5. The van der Waals surface area contributed by atoms with Crippen LogP contribution in [0.3, 0.4) is 0 Å². The van der Waals surface area contributed by atoms with Crippen molar-refractivity contribution in [1.82, 2.24) is 5.32 Å². The second-order valence-corrected chi connectivity index (χ2v) is 6.63. The second-order valence-electron chi connectivity index (χ2n) is 6.63. The Morgan fingerprint density at radius 1 is 1.04 bits per heavy atom. The van der Waals surface area contributed by atoms with E-state index < -0.39 is 11.6 Å². The molecule has 1 aliphatic heterocycles. The van der Waals surface area contributed by atoms with Crippen molar-refractivity contribution >= 4 is 17.5 Å². The third-order valence-corrected chi connectivity index (χ3v) is 4.27. The Morgan fingerprint density at radius 3 is 2.48 bits per heavy atom. The molecule has 2 aromatic carbocycles. The first kappa shape index (κ1) is 17.2. The quantitative estimate of drug-likeness (QED) is 0.901. The van der Waals surface area contributed by atoms with Crippen LogP contribution in [0.4, 0.5) is 5.69 Å². The summed E-state index contributed by atoms with van der Waals surface area (Å²) in [5.41, 5.74) is 1.60. The van der Waals surface area contributed by atoms with Crippen LogP contribution in [0.2, 0.25) is 0 Å². The highest BCUT2D eigenvalue weighted by Gasteiger charge is 2.34. The average Bonchev–Trinajstić information content (AvgIpc) is 2.61. The molecule has 1 unspecified atom stereocenters. The molecule has 0 aliphatic carbocycles. The Bertz CT molecular complexity index is 772. The smallest absolute Gasteiger partial charge is 0.254 e. The fraction of sp³-hybridized carbons (Fsp3) is 0.300. The number of hydrogen-bond donors (Lipinski definition) is 2. The minimum absolute atomic E-state index is 0.281. The van der Waals surface area contributed by atoms with Crippen molar-refractivity contribution in [3.8, 4) is 0 Å². The first-order valence-electron chi connectivity index (χ1n) is 8.35. The van der Waals surface area contributed by atoms with E-state index in [1.54, 1.807) is 26.0 Å². The number of para-hydroxylation sites is 1. The van der Waals surface area contributed by atoms with E-state index >= 15 is 0 Å². The number of carbonyl (C=O) groups is 2. The number of amides is 2. The van der Waals surface area contributed by atoms with Crippen molar-refractivity contribution < 1.29 is 14.3 Å². The van der Waals surface area contributed by atoms with Gasteiger partial charge in [0.1, 0.15) is 5.54 Å². The van der Waals surface area contributed by atoms with Crippen LogP contribution >= 0.6 is 0 Å². The van der Waals surface area contributed by atoms with Gasteiger partial charge in [-0.05, 0) is 43.5 Å². The van der Waals surface area contributed by atoms with Crippen molar-refractivity contribution in [1.29, 1.82) is 0 Å². The Balaban J connectivity index is 1.70. The minimum Gasteiger partial charge on any atom is -0.363 e. The standard InChI is InChI=1S/C20H22N2O3/c1-20(2,19(24)21-15-9-4-3-5-10-15)22-18(23)17-16-11-7-6-8-14(16)12-13-25-17/h3-11,17H,12-13H2,1-2H3,(H,21,24)(H,22,23). The van der Waals surface area contributed by atoms with Gasteiger partial charge in [0, 0.05) is 5.69 Å². The zero-order chi connectivity index (χ0) is 17.9. The van der Waals surface area contributed by atoms with Crippen LogP contribution in [0.15, 0.2) is 54.6 Å². The molecular formula is C20H22N2O3. The third kappa shape index (κ3) is 3.88. The van der Waals surface area contributed by atoms with Gasteiger partial charge in [-0.1, -0.05) is 42.5 Å². The predicted molar refractivity (Wildman–Crippen MR) is 96.1 cm³/mol. The number of benzene rings is 2. The van der Waals surface area contributed by atoms with Crippen LogP contribution < -0.4 is 10.6 Å². The number of hydrogen-bond acceptors (Lipinski definition) is 3. The maximum atomic E-state index is 12.7. The summed E-state index contributed by atoms with van der Waals surface area (Å²) in [5.74, 6) is -0.587. The maximum absolute atomic E-state index is 12.7. The SMILES string of the molecule is CC(C)(NC(=O)C1OCCc2ccccc21)C(=O)Nc1ccccc1. The number of rotatable bonds is 4. The van der Waals surface area contributed by atoms with Gasteiger partial charge in [0.15, 0.2) is 6.10 Å². The molecule has 1 heterocycles. The van der Waals surface area contributed by atoms with E-state index in [0.717, 1.165) is 17.5 Å². The Morgan fingerprint density at radius 2 is 1.72 bits per heavy atom. The van der Waals surface area contributed by atoms with E-state index in [-0.39, 0.29) is 11.8 Å². The summed E-state index contributed by atoms with van der Waals surface area (Å²) in [6.07, 6.45) is 0.103. The van der Waals surface area contributed by atoms with Gasteiger partial charge in [0.05, 0.1) is 6.61 Å².